The van der Waals surface area contributed by atoms with Gasteiger partial charge in [-0.05, 0) is 46.1 Å². The van der Waals surface area contributed by atoms with Gasteiger partial charge < -0.3 is 9.53 Å². The molecule has 0 fully saturated rings. The number of carbonyl (C=O) groups excluding carboxylic acids is 3. The Morgan fingerprint density at radius 3 is 2.41 bits per heavy atom. The molecule has 0 spiro atoms. The Hall–Kier alpha value is -1.97. The molecule has 0 N–H and O–H groups in total. The van der Waals surface area contributed by atoms with Crippen molar-refractivity contribution >= 4 is 17.5 Å². The van der Waals surface area contributed by atoms with E-state index in [9.17, 15) is 14.4 Å². The molecule has 0 aliphatic heterocycles. The number of fused-ring (bicyclic) bond motifs is 1. The molecule has 4 nitrogen and oxygen atoms in total. The van der Waals surface area contributed by atoms with Gasteiger partial charge in [-0.15, -0.1) is 0 Å². The topological polar surface area (TPSA) is 60.4 Å². The lowest BCUT2D eigenvalue weighted by molar-refractivity contribution is -0.164. The summed E-state index contributed by atoms with van der Waals surface area (Å²) in [5.74, 6) is -0.785. The molecule has 1 aliphatic carbocycles. The molecule has 2 rings (SSSR count). The molecule has 1 aromatic rings. The Kier molecular flexibility index (Phi) is 4.23. The van der Waals surface area contributed by atoms with Crippen LogP contribution in [0.3, 0.4) is 0 Å². The van der Waals surface area contributed by atoms with Crippen LogP contribution >= 0.6 is 0 Å². The van der Waals surface area contributed by atoms with Crippen molar-refractivity contribution < 1.29 is 19.1 Å². The number of Topliss-reactive ketones (excluding diaryl/α,β-unsaturated/α-hetero) is 2. The van der Waals surface area contributed by atoms with Gasteiger partial charge in [0.05, 0.1) is 0 Å². The zero-order chi connectivity index (χ0) is 16.5. The predicted molar refractivity (Wildman–Crippen MR) is 82.7 cm³/mol. The maximum atomic E-state index is 12.8. The van der Waals surface area contributed by atoms with Crippen LogP contribution in [0.4, 0.5) is 0 Å². The minimum atomic E-state index is -1.26. The normalized spacial score (nSPS) is 20.6. The van der Waals surface area contributed by atoms with Gasteiger partial charge in [-0.25, -0.2) is 0 Å². The molecule has 0 aromatic heterocycles. The van der Waals surface area contributed by atoms with Crippen molar-refractivity contribution in [1.29, 1.82) is 0 Å². The van der Waals surface area contributed by atoms with Crippen LogP contribution < -0.4 is 0 Å². The smallest absolute Gasteiger partial charge is 0.320 e. The van der Waals surface area contributed by atoms with Crippen LogP contribution in [-0.2, 0) is 20.7 Å². The van der Waals surface area contributed by atoms with Crippen LogP contribution in [0.15, 0.2) is 24.3 Å². The summed E-state index contributed by atoms with van der Waals surface area (Å²) < 4.78 is 5.49. The monoisotopic (exact) mass is 302 g/mol. The van der Waals surface area contributed by atoms with Crippen molar-refractivity contribution in [3.05, 3.63) is 35.4 Å². The number of rotatable bonds is 4. The number of hydrogen-bond acceptors (Lipinski definition) is 4. The van der Waals surface area contributed by atoms with Crippen LogP contribution in [0.1, 0.15) is 56.5 Å². The van der Waals surface area contributed by atoms with Gasteiger partial charge in [0.15, 0.2) is 5.78 Å². The SMILES string of the molecule is CC(=O)CC[C@@]1(C(=O)OC(C)(C)C)Cc2ccccc2C1=O. The molecular weight excluding hydrogens is 280 g/mol. The first-order valence-electron chi connectivity index (χ1n) is 7.51. The van der Waals surface area contributed by atoms with Gasteiger partial charge in [0.25, 0.3) is 0 Å². The molecule has 0 heterocycles. The van der Waals surface area contributed by atoms with Gasteiger partial charge >= 0.3 is 5.97 Å². The summed E-state index contributed by atoms with van der Waals surface area (Å²) in [7, 11) is 0. The van der Waals surface area contributed by atoms with Gasteiger partial charge in [0.1, 0.15) is 16.8 Å². The number of hydrogen-bond donors (Lipinski definition) is 0. The van der Waals surface area contributed by atoms with E-state index in [4.69, 9.17) is 4.74 Å². The Balaban J connectivity index is 2.39. The first-order valence-corrected chi connectivity index (χ1v) is 7.51. The van der Waals surface area contributed by atoms with E-state index < -0.39 is 17.0 Å². The van der Waals surface area contributed by atoms with Gasteiger partial charge in [-0.3, -0.25) is 9.59 Å². The van der Waals surface area contributed by atoms with Crippen molar-refractivity contribution in [2.45, 2.75) is 52.6 Å². The van der Waals surface area contributed by atoms with Crippen LogP contribution in [-0.4, -0.2) is 23.1 Å². The summed E-state index contributed by atoms with van der Waals surface area (Å²) in [5.41, 5.74) is -0.517. The number of esters is 1. The van der Waals surface area contributed by atoms with Crippen molar-refractivity contribution in [3.8, 4) is 0 Å². The first kappa shape index (κ1) is 16.4. The summed E-state index contributed by atoms with van der Waals surface area (Å²) in [5, 5.41) is 0. The molecule has 0 amide bonds. The average molecular weight is 302 g/mol. The molecule has 0 radical (unpaired) electrons. The molecule has 4 heteroatoms. The van der Waals surface area contributed by atoms with Crippen molar-refractivity contribution in [1.82, 2.24) is 0 Å². The van der Waals surface area contributed by atoms with Crippen molar-refractivity contribution in [2.75, 3.05) is 0 Å². The Morgan fingerprint density at radius 2 is 1.86 bits per heavy atom. The highest BCUT2D eigenvalue weighted by molar-refractivity contribution is 6.16. The van der Waals surface area contributed by atoms with Gasteiger partial charge in [-0.2, -0.15) is 0 Å². The summed E-state index contributed by atoms with van der Waals surface area (Å²) in [6.45, 7) is 6.79. The molecular formula is C18H22O4. The molecule has 1 aromatic carbocycles. The highest BCUT2D eigenvalue weighted by Gasteiger charge is 2.53. The van der Waals surface area contributed by atoms with Crippen molar-refractivity contribution in [3.63, 3.8) is 0 Å². The third kappa shape index (κ3) is 3.11. The lowest BCUT2D eigenvalue weighted by Gasteiger charge is -2.29. The molecule has 1 aliphatic rings. The number of benzene rings is 1. The van der Waals surface area contributed by atoms with Crippen LogP contribution in [0.25, 0.3) is 0 Å². The van der Waals surface area contributed by atoms with Gasteiger partial charge in [-0.1, -0.05) is 24.3 Å². The summed E-state index contributed by atoms with van der Waals surface area (Å²) in [6.07, 6.45) is 0.702. The van der Waals surface area contributed by atoms with Gasteiger partial charge in [0.2, 0.25) is 0 Å². The third-order valence-corrected chi connectivity index (χ3v) is 3.88. The molecule has 0 saturated heterocycles. The summed E-state index contributed by atoms with van der Waals surface area (Å²) >= 11 is 0. The van der Waals surface area contributed by atoms with E-state index in [0.717, 1.165) is 5.56 Å². The molecule has 0 bridgehead atoms. The highest BCUT2D eigenvalue weighted by atomic mass is 16.6. The zero-order valence-corrected chi connectivity index (χ0v) is 13.6. The predicted octanol–water partition coefficient (Wildman–Crippen LogP) is 3.12. The lowest BCUT2D eigenvalue weighted by atomic mass is 9.78. The van der Waals surface area contributed by atoms with E-state index in [-0.39, 0.29) is 24.4 Å². The Morgan fingerprint density at radius 1 is 1.23 bits per heavy atom. The molecule has 0 saturated carbocycles. The van der Waals surface area contributed by atoms with Gasteiger partial charge in [0, 0.05) is 12.0 Å². The van der Waals surface area contributed by atoms with Crippen LogP contribution in [0.2, 0.25) is 0 Å². The number of ether oxygens (including phenoxy) is 1. The third-order valence-electron chi connectivity index (χ3n) is 3.88. The fourth-order valence-electron chi connectivity index (χ4n) is 2.79. The minimum absolute atomic E-state index is 0.0355. The Bertz CT molecular complexity index is 624. The maximum absolute atomic E-state index is 12.8. The molecule has 118 valence electrons. The number of carbonyl (C=O) groups is 3. The lowest BCUT2D eigenvalue weighted by Crippen LogP contribution is -2.42. The highest BCUT2D eigenvalue weighted by Crippen LogP contribution is 2.42. The number of ketones is 2. The quantitative estimate of drug-likeness (QED) is 0.633. The second-order valence-electron chi connectivity index (χ2n) is 6.95. The van der Waals surface area contributed by atoms with E-state index in [2.05, 4.69) is 0 Å². The Labute approximate surface area is 130 Å². The van der Waals surface area contributed by atoms with E-state index in [1.807, 2.05) is 12.1 Å². The second-order valence-corrected chi connectivity index (χ2v) is 6.95. The maximum Gasteiger partial charge on any atom is 0.320 e. The van der Waals surface area contributed by atoms with Crippen molar-refractivity contribution in [2.24, 2.45) is 5.41 Å². The van der Waals surface area contributed by atoms with E-state index in [0.29, 0.717) is 12.0 Å². The van der Waals surface area contributed by atoms with E-state index in [1.165, 1.54) is 6.92 Å². The van der Waals surface area contributed by atoms with Crippen LogP contribution in [0, 0.1) is 5.41 Å². The fraction of sp³-hybridized carbons (Fsp3) is 0.500. The largest absolute Gasteiger partial charge is 0.459 e. The second kappa shape index (κ2) is 5.67. The first-order chi connectivity index (χ1) is 10.2. The van der Waals surface area contributed by atoms with E-state index in [1.54, 1.807) is 32.9 Å². The fourth-order valence-corrected chi connectivity index (χ4v) is 2.79. The van der Waals surface area contributed by atoms with Crippen LogP contribution in [0.5, 0.6) is 0 Å². The van der Waals surface area contributed by atoms with E-state index >= 15 is 0 Å². The summed E-state index contributed by atoms with van der Waals surface area (Å²) in [4.78, 5) is 36.9. The summed E-state index contributed by atoms with van der Waals surface area (Å²) in [6, 6.07) is 7.22. The average Bonchev–Trinajstić information content (AvgIpc) is 2.69. The molecule has 1 atom stereocenters. The minimum Gasteiger partial charge on any atom is -0.459 e. The standard InChI is InChI=1S/C18H22O4/c1-12(19)9-10-18(16(21)22-17(2,3)4)11-13-7-5-6-8-14(13)15(18)20/h5-8H,9-11H2,1-4H3/t18-/m1/s1. The zero-order valence-electron chi connectivity index (χ0n) is 13.6. The molecule has 22 heavy (non-hydrogen) atoms. The molecule has 0 unspecified atom stereocenters.